The van der Waals surface area contributed by atoms with Gasteiger partial charge >= 0.3 is 5.97 Å². The molecule has 2 unspecified atom stereocenters. The van der Waals surface area contributed by atoms with E-state index in [1.54, 1.807) is 31.2 Å². The van der Waals surface area contributed by atoms with Crippen LogP contribution in [0.1, 0.15) is 6.92 Å². The summed E-state index contributed by atoms with van der Waals surface area (Å²) in [6, 6.07) is 5.99. The highest BCUT2D eigenvalue weighted by atomic mass is 35.5. The van der Waals surface area contributed by atoms with Crippen LogP contribution in [0.5, 0.6) is 0 Å². The van der Waals surface area contributed by atoms with Gasteiger partial charge in [-0.1, -0.05) is 17.7 Å². The summed E-state index contributed by atoms with van der Waals surface area (Å²) in [6.45, 7) is 5.30. The van der Waals surface area contributed by atoms with Crippen LogP contribution in [0, 0.1) is 0 Å². The summed E-state index contributed by atoms with van der Waals surface area (Å²) in [4.78, 5) is 24.0. The monoisotopic (exact) mass is 343 g/mol. The number of nitrogens with one attached hydrogen (secondary N) is 1. The van der Waals surface area contributed by atoms with Gasteiger partial charge in [0.25, 0.3) is 0 Å². The van der Waals surface area contributed by atoms with Crippen molar-refractivity contribution in [2.45, 2.75) is 23.1 Å². The first-order chi connectivity index (χ1) is 10.4. The van der Waals surface area contributed by atoms with Crippen LogP contribution in [0.25, 0.3) is 0 Å². The van der Waals surface area contributed by atoms with Crippen molar-refractivity contribution in [3.05, 3.63) is 41.9 Å². The number of amides is 1. The minimum atomic E-state index is -1.14. The number of rotatable bonds is 9. The SMILES string of the molecule is C=CCOCC(NC(=O)C(C)Sc1ccc(Cl)cc1)C(=O)O. The van der Waals surface area contributed by atoms with Gasteiger partial charge in [-0.25, -0.2) is 4.79 Å². The predicted molar refractivity (Wildman–Crippen MR) is 87.4 cm³/mol. The highest BCUT2D eigenvalue weighted by Gasteiger charge is 2.23. The second kappa shape index (κ2) is 9.50. The van der Waals surface area contributed by atoms with Gasteiger partial charge in [-0.15, -0.1) is 18.3 Å². The van der Waals surface area contributed by atoms with Crippen molar-refractivity contribution in [1.82, 2.24) is 5.32 Å². The molecule has 0 saturated heterocycles. The number of halogens is 1. The number of hydrogen-bond acceptors (Lipinski definition) is 4. The van der Waals surface area contributed by atoms with E-state index in [9.17, 15) is 9.59 Å². The molecule has 120 valence electrons. The van der Waals surface area contributed by atoms with Crippen LogP contribution >= 0.6 is 23.4 Å². The third-order valence-corrected chi connectivity index (χ3v) is 3.99. The molecule has 0 bridgehead atoms. The zero-order valence-electron chi connectivity index (χ0n) is 12.1. The van der Waals surface area contributed by atoms with Gasteiger partial charge in [0.1, 0.15) is 0 Å². The summed E-state index contributed by atoms with van der Waals surface area (Å²) in [5.74, 6) is -1.50. The highest BCUT2D eigenvalue weighted by Crippen LogP contribution is 2.24. The van der Waals surface area contributed by atoms with Crippen LogP contribution in [0.4, 0.5) is 0 Å². The van der Waals surface area contributed by atoms with Crippen molar-refractivity contribution in [2.75, 3.05) is 13.2 Å². The Labute approximate surface area is 138 Å². The first-order valence-electron chi connectivity index (χ1n) is 6.58. The Kier molecular flexibility index (Phi) is 8.01. The molecule has 7 heteroatoms. The molecule has 0 aliphatic carbocycles. The number of aliphatic carboxylic acids is 1. The molecule has 0 radical (unpaired) electrons. The summed E-state index contributed by atoms with van der Waals surface area (Å²) < 4.78 is 5.08. The molecular formula is C15H18ClNO4S. The Morgan fingerprint density at radius 3 is 2.64 bits per heavy atom. The summed E-state index contributed by atoms with van der Waals surface area (Å²) in [7, 11) is 0. The van der Waals surface area contributed by atoms with Crippen molar-refractivity contribution in [3.8, 4) is 0 Å². The number of hydrogen-bond donors (Lipinski definition) is 2. The first-order valence-corrected chi connectivity index (χ1v) is 7.84. The molecule has 0 aliphatic heterocycles. The van der Waals surface area contributed by atoms with Crippen molar-refractivity contribution >= 4 is 35.2 Å². The maximum Gasteiger partial charge on any atom is 0.328 e. The lowest BCUT2D eigenvalue weighted by Crippen LogP contribution is -2.46. The van der Waals surface area contributed by atoms with Gasteiger partial charge in [-0.05, 0) is 31.2 Å². The second-order valence-corrected chi connectivity index (χ2v) is 6.29. The average molecular weight is 344 g/mol. The molecule has 1 aromatic rings. The van der Waals surface area contributed by atoms with Crippen molar-refractivity contribution in [2.24, 2.45) is 0 Å². The number of carbonyl (C=O) groups is 2. The minimum absolute atomic E-state index is 0.106. The van der Waals surface area contributed by atoms with Gasteiger partial charge in [0.2, 0.25) is 5.91 Å². The van der Waals surface area contributed by atoms with Gasteiger partial charge in [0.05, 0.1) is 18.5 Å². The summed E-state index contributed by atoms with van der Waals surface area (Å²) in [5.41, 5.74) is 0. The van der Waals surface area contributed by atoms with Crippen LogP contribution in [-0.4, -0.2) is 41.5 Å². The molecule has 0 aromatic heterocycles. The smallest absolute Gasteiger partial charge is 0.328 e. The number of carboxylic acids is 1. The Balaban J connectivity index is 2.54. The zero-order valence-corrected chi connectivity index (χ0v) is 13.7. The van der Waals surface area contributed by atoms with Gasteiger partial charge in [-0.2, -0.15) is 0 Å². The summed E-state index contributed by atoms with van der Waals surface area (Å²) >= 11 is 7.12. The molecule has 0 saturated carbocycles. The molecule has 1 amide bonds. The topological polar surface area (TPSA) is 75.6 Å². The minimum Gasteiger partial charge on any atom is -0.480 e. The first kappa shape index (κ1) is 18.5. The average Bonchev–Trinajstić information content (AvgIpc) is 2.48. The number of carboxylic acid groups (broad SMARTS) is 1. The van der Waals surface area contributed by atoms with E-state index in [0.29, 0.717) is 5.02 Å². The fourth-order valence-electron chi connectivity index (χ4n) is 1.50. The van der Waals surface area contributed by atoms with E-state index in [2.05, 4.69) is 11.9 Å². The van der Waals surface area contributed by atoms with Crippen LogP contribution in [-0.2, 0) is 14.3 Å². The fraction of sp³-hybridized carbons (Fsp3) is 0.333. The zero-order chi connectivity index (χ0) is 16.5. The quantitative estimate of drug-likeness (QED) is 0.409. The number of benzene rings is 1. The molecule has 2 atom stereocenters. The maximum atomic E-state index is 12.1. The third-order valence-electron chi connectivity index (χ3n) is 2.63. The molecule has 0 heterocycles. The molecule has 0 fully saturated rings. The van der Waals surface area contributed by atoms with Crippen LogP contribution in [0.2, 0.25) is 5.02 Å². The molecule has 2 N–H and O–H groups in total. The van der Waals surface area contributed by atoms with Gasteiger partial charge < -0.3 is 15.2 Å². The molecule has 5 nitrogen and oxygen atoms in total. The molecule has 1 rings (SSSR count). The standard InChI is InChI=1S/C15H18ClNO4S/c1-3-8-21-9-13(15(19)20)17-14(18)10(2)22-12-6-4-11(16)5-7-12/h3-7,10,13H,1,8-9H2,2H3,(H,17,18)(H,19,20). The Hall–Kier alpha value is -1.50. The van der Waals surface area contributed by atoms with E-state index in [1.807, 2.05) is 0 Å². The highest BCUT2D eigenvalue weighted by molar-refractivity contribution is 8.00. The molecule has 0 aliphatic rings. The van der Waals surface area contributed by atoms with Crippen LogP contribution < -0.4 is 5.32 Å². The lowest BCUT2D eigenvalue weighted by Gasteiger charge is -2.17. The number of thioether (sulfide) groups is 1. The molecule has 22 heavy (non-hydrogen) atoms. The maximum absolute atomic E-state index is 12.1. The van der Waals surface area contributed by atoms with E-state index < -0.39 is 17.3 Å². The van der Waals surface area contributed by atoms with Crippen molar-refractivity contribution in [3.63, 3.8) is 0 Å². The Bertz CT molecular complexity index is 521. The van der Waals surface area contributed by atoms with E-state index in [4.69, 9.17) is 21.4 Å². The molecule has 0 spiro atoms. The fourth-order valence-corrected chi connectivity index (χ4v) is 2.51. The largest absolute Gasteiger partial charge is 0.480 e. The summed E-state index contributed by atoms with van der Waals surface area (Å²) in [6.07, 6.45) is 1.51. The predicted octanol–water partition coefficient (Wildman–Crippen LogP) is 2.59. The van der Waals surface area contributed by atoms with Gasteiger partial charge in [0.15, 0.2) is 6.04 Å². The number of carbonyl (C=O) groups excluding carboxylic acids is 1. The van der Waals surface area contributed by atoms with E-state index in [0.717, 1.165) is 4.90 Å². The normalized spacial score (nSPS) is 13.2. The Morgan fingerprint density at radius 1 is 1.45 bits per heavy atom. The van der Waals surface area contributed by atoms with Crippen molar-refractivity contribution in [1.29, 1.82) is 0 Å². The second-order valence-electron chi connectivity index (χ2n) is 4.44. The van der Waals surface area contributed by atoms with E-state index in [1.165, 1.54) is 17.8 Å². The summed E-state index contributed by atoms with van der Waals surface area (Å²) in [5, 5.41) is 11.7. The van der Waals surface area contributed by atoms with Crippen LogP contribution in [0.3, 0.4) is 0 Å². The number of ether oxygens (including phenoxy) is 1. The molecular weight excluding hydrogens is 326 g/mol. The van der Waals surface area contributed by atoms with E-state index >= 15 is 0 Å². The van der Waals surface area contributed by atoms with Crippen LogP contribution in [0.15, 0.2) is 41.8 Å². The van der Waals surface area contributed by atoms with Gasteiger partial charge in [0, 0.05) is 9.92 Å². The molecule has 1 aromatic carbocycles. The lowest BCUT2D eigenvalue weighted by molar-refractivity contribution is -0.143. The van der Waals surface area contributed by atoms with Gasteiger partial charge in [-0.3, -0.25) is 4.79 Å². The van der Waals surface area contributed by atoms with E-state index in [-0.39, 0.29) is 19.1 Å². The van der Waals surface area contributed by atoms with Crippen molar-refractivity contribution < 1.29 is 19.4 Å². The lowest BCUT2D eigenvalue weighted by atomic mass is 10.3. The Morgan fingerprint density at radius 2 is 2.09 bits per heavy atom. The third kappa shape index (κ3) is 6.51.